The molecule has 0 spiro atoms. The highest BCUT2D eigenvalue weighted by Crippen LogP contribution is 2.66. The van der Waals surface area contributed by atoms with Crippen LogP contribution < -0.4 is 10.5 Å². The molecule has 3 aliphatic rings. The lowest BCUT2D eigenvalue weighted by molar-refractivity contribution is 0.456. The van der Waals surface area contributed by atoms with Gasteiger partial charge in [-0.1, -0.05) is 0 Å². The van der Waals surface area contributed by atoms with Crippen LogP contribution in [-0.4, -0.2) is 14.5 Å². The Morgan fingerprint density at radius 1 is 1.05 bits per heavy atom. The molecule has 4 nitrogen and oxygen atoms in total. The van der Waals surface area contributed by atoms with Crippen molar-refractivity contribution in [2.45, 2.75) is 30.2 Å². The molecule has 0 radical (unpaired) electrons. The van der Waals surface area contributed by atoms with Crippen molar-refractivity contribution in [2.75, 3.05) is 5.32 Å². The Bertz CT molecular complexity index is 595. The van der Waals surface area contributed by atoms with Crippen LogP contribution in [-0.2, 0) is 10.0 Å². The lowest BCUT2D eigenvalue weighted by Crippen LogP contribution is -2.14. The van der Waals surface area contributed by atoms with Gasteiger partial charge in [-0.15, -0.1) is 0 Å². The van der Waals surface area contributed by atoms with E-state index in [2.05, 4.69) is 5.32 Å². The number of nitrogens with one attached hydrogen (secondary N) is 1. The molecular weight excluding hydrogens is 260 g/mol. The van der Waals surface area contributed by atoms with Gasteiger partial charge in [0.1, 0.15) is 0 Å². The molecule has 0 amide bonds. The third-order valence-corrected chi connectivity index (χ3v) is 6.18. The summed E-state index contributed by atoms with van der Waals surface area (Å²) in [6, 6.07) is 7.40. The first kappa shape index (κ1) is 11.7. The molecule has 4 atom stereocenters. The molecule has 5 heteroatoms. The molecule has 3 aliphatic carbocycles. The quantitative estimate of drug-likeness (QED) is 0.885. The molecule has 0 aliphatic heterocycles. The SMILES string of the molecule is NS(=O)(=O)c1ccc(NC2C3C4CCC(C4)C23)cc1. The smallest absolute Gasteiger partial charge is 0.238 e. The first-order chi connectivity index (χ1) is 9.04. The first-order valence-electron chi connectivity index (χ1n) is 6.93. The minimum absolute atomic E-state index is 0.175. The van der Waals surface area contributed by atoms with Crippen LogP contribution in [0.25, 0.3) is 0 Å². The summed E-state index contributed by atoms with van der Waals surface area (Å²) in [5, 5.41) is 8.65. The molecule has 2 bridgehead atoms. The van der Waals surface area contributed by atoms with Crippen molar-refractivity contribution >= 4 is 15.7 Å². The molecule has 3 N–H and O–H groups in total. The van der Waals surface area contributed by atoms with Crippen LogP contribution in [0.2, 0.25) is 0 Å². The molecule has 19 heavy (non-hydrogen) atoms. The van der Waals surface area contributed by atoms with Crippen molar-refractivity contribution in [1.82, 2.24) is 0 Å². The van der Waals surface area contributed by atoms with Crippen LogP contribution in [0.1, 0.15) is 19.3 Å². The summed E-state index contributed by atoms with van der Waals surface area (Å²) < 4.78 is 22.4. The van der Waals surface area contributed by atoms with Gasteiger partial charge in [0.15, 0.2) is 0 Å². The largest absolute Gasteiger partial charge is 0.382 e. The molecule has 102 valence electrons. The molecule has 0 aromatic heterocycles. The molecule has 4 unspecified atom stereocenters. The second-order valence-corrected chi connectivity index (χ2v) is 7.79. The zero-order chi connectivity index (χ0) is 13.2. The van der Waals surface area contributed by atoms with Crippen molar-refractivity contribution in [2.24, 2.45) is 28.8 Å². The summed E-state index contributed by atoms with van der Waals surface area (Å²) in [6.45, 7) is 0. The van der Waals surface area contributed by atoms with Crippen LogP contribution in [0.4, 0.5) is 5.69 Å². The van der Waals surface area contributed by atoms with E-state index in [0.717, 1.165) is 29.4 Å². The molecule has 1 aromatic rings. The number of sulfonamides is 1. The fraction of sp³-hybridized carbons (Fsp3) is 0.571. The zero-order valence-corrected chi connectivity index (χ0v) is 11.4. The van der Waals surface area contributed by atoms with Gasteiger partial charge in [-0.3, -0.25) is 0 Å². The van der Waals surface area contributed by atoms with Crippen molar-refractivity contribution in [3.8, 4) is 0 Å². The maximum Gasteiger partial charge on any atom is 0.238 e. The average molecular weight is 278 g/mol. The normalized spacial score (nSPS) is 39.1. The number of anilines is 1. The molecular formula is C14H18N2O2S. The fourth-order valence-corrected chi connectivity index (χ4v) is 4.97. The zero-order valence-electron chi connectivity index (χ0n) is 10.6. The molecule has 1 aromatic carbocycles. The third kappa shape index (κ3) is 1.79. The van der Waals surface area contributed by atoms with Gasteiger partial charge in [-0.2, -0.15) is 0 Å². The summed E-state index contributed by atoms with van der Waals surface area (Å²) in [5.74, 6) is 3.63. The summed E-state index contributed by atoms with van der Waals surface area (Å²) in [6.07, 6.45) is 4.26. The van der Waals surface area contributed by atoms with Gasteiger partial charge < -0.3 is 5.32 Å². The van der Waals surface area contributed by atoms with E-state index < -0.39 is 10.0 Å². The molecule has 3 fully saturated rings. The van der Waals surface area contributed by atoms with Crippen LogP contribution in [0.15, 0.2) is 29.2 Å². The third-order valence-electron chi connectivity index (χ3n) is 5.25. The Balaban J connectivity index is 1.48. The van der Waals surface area contributed by atoms with E-state index in [1.807, 2.05) is 12.1 Å². The first-order valence-corrected chi connectivity index (χ1v) is 8.48. The van der Waals surface area contributed by atoms with Gasteiger partial charge >= 0.3 is 0 Å². The van der Waals surface area contributed by atoms with Crippen LogP contribution in [0, 0.1) is 23.7 Å². The van der Waals surface area contributed by atoms with Crippen molar-refractivity contribution in [3.05, 3.63) is 24.3 Å². The fourth-order valence-electron chi connectivity index (χ4n) is 4.45. The van der Waals surface area contributed by atoms with Gasteiger partial charge in [0, 0.05) is 11.7 Å². The van der Waals surface area contributed by atoms with Gasteiger partial charge in [0.2, 0.25) is 10.0 Å². The van der Waals surface area contributed by atoms with Crippen LogP contribution >= 0.6 is 0 Å². The maximum absolute atomic E-state index is 11.2. The van der Waals surface area contributed by atoms with E-state index in [1.165, 1.54) is 19.3 Å². The number of rotatable bonds is 3. The van der Waals surface area contributed by atoms with E-state index >= 15 is 0 Å². The second kappa shape index (κ2) is 3.73. The number of nitrogens with two attached hydrogens (primary N) is 1. The Morgan fingerprint density at radius 3 is 2.16 bits per heavy atom. The van der Waals surface area contributed by atoms with Gasteiger partial charge in [0.05, 0.1) is 4.90 Å². The summed E-state index contributed by atoms with van der Waals surface area (Å²) in [4.78, 5) is 0.175. The Labute approximate surface area is 113 Å². The second-order valence-electron chi connectivity index (χ2n) is 6.23. The molecule has 0 heterocycles. The Hall–Kier alpha value is -1.07. The minimum atomic E-state index is -3.58. The van der Waals surface area contributed by atoms with Gasteiger partial charge in [-0.05, 0) is 67.2 Å². The Morgan fingerprint density at radius 2 is 1.63 bits per heavy atom. The van der Waals surface area contributed by atoms with Crippen molar-refractivity contribution in [1.29, 1.82) is 0 Å². The van der Waals surface area contributed by atoms with E-state index in [1.54, 1.807) is 12.1 Å². The number of hydrogen-bond acceptors (Lipinski definition) is 3. The van der Waals surface area contributed by atoms with E-state index in [9.17, 15) is 8.42 Å². The lowest BCUT2D eigenvalue weighted by atomic mass is 10.0. The van der Waals surface area contributed by atoms with Gasteiger partial charge in [0.25, 0.3) is 0 Å². The lowest BCUT2D eigenvalue weighted by Gasteiger charge is -2.12. The average Bonchev–Trinajstić information content (AvgIpc) is 2.77. The van der Waals surface area contributed by atoms with E-state index in [4.69, 9.17) is 5.14 Å². The highest BCUT2D eigenvalue weighted by Gasteiger charge is 2.64. The van der Waals surface area contributed by atoms with Crippen LogP contribution in [0.3, 0.4) is 0 Å². The van der Waals surface area contributed by atoms with Crippen molar-refractivity contribution in [3.63, 3.8) is 0 Å². The van der Waals surface area contributed by atoms with Gasteiger partial charge in [-0.25, -0.2) is 13.6 Å². The monoisotopic (exact) mass is 278 g/mol. The molecule has 3 saturated carbocycles. The Kier molecular flexibility index (Phi) is 2.30. The maximum atomic E-state index is 11.2. The number of benzene rings is 1. The predicted molar refractivity (Wildman–Crippen MR) is 73.0 cm³/mol. The standard InChI is InChI=1S/C14H18N2O2S/c15-19(17,18)11-5-3-10(4-6-11)16-14-12-8-1-2-9(7-8)13(12)14/h3-6,8-9,12-14,16H,1-2,7H2,(H2,15,17,18). The molecule has 4 rings (SSSR count). The predicted octanol–water partition coefficient (Wildman–Crippen LogP) is 1.79. The highest BCUT2D eigenvalue weighted by molar-refractivity contribution is 7.89. The summed E-state index contributed by atoms with van der Waals surface area (Å²) >= 11 is 0. The van der Waals surface area contributed by atoms with E-state index in [-0.39, 0.29) is 4.90 Å². The topological polar surface area (TPSA) is 72.2 Å². The van der Waals surface area contributed by atoms with E-state index in [0.29, 0.717) is 6.04 Å². The molecule has 0 saturated heterocycles. The highest BCUT2D eigenvalue weighted by atomic mass is 32.2. The summed E-state index contributed by atoms with van der Waals surface area (Å²) in [5.41, 5.74) is 1.01. The van der Waals surface area contributed by atoms with Crippen LogP contribution in [0.5, 0.6) is 0 Å². The number of primary sulfonamides is 1. The van der Waals surface area contributed by atoms with Crippen molar-refractivity contribution < 1.29 is 8.42 Å². The minimum Gasteiger partial charge on any atom is -0.382 e. The number of fused-ring (bicyclic) bond motifs is 5. The summed E-state index contributed by atoms with van der Waals surface area (Å²) in [7, 11) is -3.58. The number of hydrogen-bond donors (Lipinski definition) is 2.